The van der Waals surface area contributed by atoms with Gasteiger partial charge in [0.15, 0.2) is 0 Å². The molecule has 2 saturated carbocycles. The Hall–Kier alpha value is 0.883. The van der Waals surface area contributed by atoms with Crippen LogP contribution in [0.5, 0.6) is 0 Å². The fraction of sp³-hybridized carbons (Fsp3) is 0. The van der Waals surface area contributed by atoms with Crippen LogP contribution in [-0.4, -0.2) is 0 Å². The summed E-state index contributed by atoms with van der Waals surface area (Å²) in [6.07, 6.45) is 20.0. The largest absolute Gasteiger partial charge is 4.00 e. The van der Waals surface area contributed by atoms with Crippen LogP contribution >= 0.6 is 0 Å². The van der Waals surface area contributed by atoms with Gasteiger partial charge in [-0.25, -0.2) is 0 Å². The number of hydrogen-bond donors (Lipinski definition) is 0. The van der Waals surface area contributed by atoms with Crippen LogP contribution in [-0.2, 0) is 26.2 Å². The second kappa shape index (κ2) is 15.4. The van der Waals surface area contributed by atoms with Crippen LogP contribution in [0.2, 0.25) is 0 Å². The molecule has 0 saturated heterocycles. The van der Waals surface area contributed by atoms with E-state index in [0.29, 0.717) is 0 Å². The molecule has 0 aromatic carbocycles. The van der Waals surface area contributed by atoms with Crippen molar-refractivity contribution in [1.29, 1.82) is 0 Å². The molecule has 0 amide bonds. The Labute approximate surface area is 105 Å². The van der Waals surface area contributed by atoms with E-state index in [4.69, 9.17) is 0 Å². The third-order valence-corrected chi connectivity index (χ3v) is 1.11. The van der Waals surface area contributed by atoms with Gasteiger partial charge in [-0.1, -0.05) is 0 Å². The zero-order valence-electron chi connectivity index (χ0n) is 8.27. The van der Waals surface area contributed by atoms with E-state index in [0.717, 1.165) is 0 Å². The first-order valence-corrected chi connectivity index (χ1v) is 3.33. The van der Waals surface area contributed by atoms with Gasteiger partial charge in [0.2, 0.25) is 0 Å². The van der Waals surface area contributed by atoms with Gasteiger partial charge in [-0.05, 0) is 64.2 Å². The zero-order valence-corrected chi connectivity index (χ0v) is 10.7. The van der Waals surface area contributed by atoms with Crippen molar-refractivity contribution in [3.05, 3.63) is 79.1 Å². The molecule has 2 fully saturated rings. The maximum atomic E-state index is 2.00. The molecule has 0 aromatic rings. The Morgan fingerprint density at radius 1 is 0.308 bits per heavy atom. The second-order valence-corrected chi connectivity index (χ2v) is 1.92. The summed E-state index contributed by atoms with van der Waals surface area (Å²) in [7, 11) is 0. The van der Waals surface area contributed by atoms with Crippen molar-refractivity contribution in [2.24, 2.45) is 0 Å². The molecule has 0 heterocycles. The van der Waals surface area contributed by atoms with E-state index in [1.54, 1.807) is 0 Å². The molecule has 0 bridgehead atoms. The molecule has 66 valence electrons. The fourth-order valence-corrected chi connectivity index (χ4v) is 0.642. The van der Waals surface area contributed by atoms with Gasteiger partial charge in [-0.2, -0.15) is 0 Å². The average molecular weight is 251 g/mol. The van der Waals surface area contributed by atoms with Crippen molar-refractivity contribution in [3.63, 3.8) is 0 Å². The first kappa shape index (κ1) is 19.5. The van der Waals surface area contributed by atoms with Crippen molar-refractivity contribution in [2.75, 3.05) is 0 Å². The van der Waals surface area contributed by atoms with Crippen LogP contribution < -0.4 is 0 Å². The number of rotatable bonds is 0. The third kappa shape index (κ3) is 12.9. The predicted octanol–water partition coefficient (Wildman–Crippen LogP) is 2.94. The maximum Gasteiger partial charge on any atom is 4.00 e. The summed E-state index contributed by atoms with van der Waals surface area (Å²) in [5.74, 6) is 0. The zero-order chi connectivity index (χ0) is 7.07. The summed E-state index contributed by atoms with van der Waals surface area (Å²) in [5, 5.41) is 0. The fourth-order valence-electron chi connectivity index (χ4n) is 0.642. The monoisotopic (exact) mass is 250 g/mol. The molecule has 2 rings (SSSR count). The van der Waals surface area contributed by atoms with E-state index >= 15 is 0 Å². The van der Waals surface area contributed by atoms with Crippen molar-refractivity contribution < 1.29 is 26.2 Å². The van der Waals surface area contributed by atoms with Crippen LogP contribution in [0.1, 0.15) is 0 Å². The molecule has 10 radical (unpaired) electrons. The smallest absolute Gasteiger partial charge is 0.358 e. The SMILES string of the molecule is [CH3-].[CH3-].[CH]1[CH][CH][CH][CH]1.[CH]1[CH][CH][CH][CH]1.[Zr+4]. The van der Waals surface area contributed by atoms with Gasteiger partial charge >= 0.3 is 26.2 Å². The van der Waals surface area contributed by atoms with Gasteiger partial charge in [-0.3, -0.25) is 0 Å². The van der Waals surface area contributed by atoms with Crippen molar-refractivity contribution in [1.82, 2.24) is 0 Å². The Kier molecular flexibility index (Phi) is 23.0. The van der Waals surface area contributed by atoms with E-state index in [9.17, 15) is 0 Å². The summed E-state index contributed by atoms with van der Waals surface area (Å²) < 4.78 is 0. The number of hydrogen-bond acceptors (Lipinski definition) is 0. The molecule has 13 heavy (non-hydrogen) atoms. The first-order valence-electron chi connectivity index (χ1n) is 3.33. The molecule has 2 aliphatic carbocycles. The first-order chi connectivity index (χ1) is 5.00. The minimum atomic E-state index is 0. The van der Waals surface area contributed by atoms with Crippen LogP contribution in [0.15, 0.2) is 0 Å². The van der Waals surface area contributed by atoms with E-state index in [2.05, 4.69) is 0 Å². The van der Waals surface area contributed by atoms with E-state index in [1.807, 2.05) is 64.2 Å². The van der Waals surface area contributed by atoms with Crippen molar-refractivity contribution in [2.45, 2.75) is 0 Å². The van der Waals surface area contributed by atoms with Gasteiger partial charge in [0.25, 0.3) is 0 Å². The topological polar surface area (TPSA) is 0 Å². The van der Waals surface area contributed by atoms with Crippen molar-refractivity contribution in [3.8, 4) is 0 Å². The minimum absolute atomic E-state index is 0. The standard InChI is InChI=1S/2C5H5.2CH3.Zr/c2*1-2-4-5-3-1;;;/h2*1-5H;2*1H3;/q;;2*-1;+4. The molecule has 1 heteroatoms. The molecular weight excluding hydrogens is 235 g/mol. The van der Waals surface area contributed by atoms with Crippen LogP contribution in [0.4, 0.5) is 0 Å². The summed E-state index contributed by atoms with van der Waals surface area (Å²) in [5.41, 5.74) is 0. The van der Waals surface area contributed by atoms with Crippen molar-refractivity contribution >= 4 is 0 Å². The molecule has 0 aromatic heterocycles. The average Bonchev–Trinajstić information content (AvgIpc) is 2.67. The summed E-state index contributed by atoms with van der Waals surface area (Å²) in [6, 6.07) is 0. The molecule has 2 aliphatic rings. The molecule has 0 spiro atoms. The van der Waals surface area contributed by atoms with E-state index < -0.39 is 0 Å². The Morgan fingerprint density at radius 2 is 0.385 bits per heavy atom. The predicted molar refractivity (Wildman–Crippen MR) is 55.8 cm³/mol. The Bertz CT molecular complexity index is 38.3. The quantitative estimate of drug-likeness (QED) is 0.581. The normalized spacial score (nSPS) is 18.5. The van der Waals surface area contributed by atoms with Crippen LogP contribution in [0, 0.1) is 79.1 Å². The molecule has 0 N–H and O–H groups in total. The van der Waals surface area contributed by atoms with Gasteiger partial charge in [0, 0.05) is 0 Å². The minimum Gasteiger partial charge on any atom is -0.358 e. The molecule has 0 nitrogen and oxygen atoms in total. The molecular formula is C12H16Zr+2. The molecule has 0 aliphatic heterocycles. The summed E-state index contributed by atoms with van der Waals surface area (Å²) in [4.78, 5) is 0. The van der Waals surface area contributed by atoms with E-state index in [-0.39, 0.29) is 41.1 Å². The van der Waals surface area contributed by atoms with Crippen LogP contribution in [0.3, 0.4) is 0 Å². The van der Waals surface area contributed by atoms with Gasteiger partial charge < -0.3 is 14.9 Å². The third-order valence-electron chi connectivity index (χ3n) is 1.11. The van der Waals surface area contributed by atoms with Gasteiger partial charge in [0.1, 0.15) is 0 Å². The summed E-state index contributed by atoms with van der Waals surface area (Å²) >= 11 is 0. The Balaban J connectivity index is -0.000000125. The van der Waals surface area contributed by atoms with Crippen LogP contribution in [0.25, 0.3) is 0 Å². The Morgan fingerprint density at radius 3 is 0.462 bits per heavy atom. The van der Waals surface area contributed by atoms with E-state index in [1.165, 1.54) is 0 Å². The second-order valence-electron chi connectivity index (χ2n) is 1.92. The van der Waals surface area contributed by atoms with Gasteiger partial charge in [-0.15, -0.1) is 0 Å². The van der Waals surface area contributed by atoms with Gasteiger partial charge in [0.05, 0.1) is 0 Å². The maximum absolute atomic E-state index is 2.00. The summed E-state index contributed by atoms with van der Waals surface area (Å²) in [6.45, 7) is 0. The molecule has 0 atom stereocenters. The molecule has 0 unspecified atom stereocenters.